The molecule has 2 aromatic carbocycles. The minimum Gasteiger partial charge on any atom is -0.444 e. The van der Waals surface area contributed by atoms with Gasteiger partial charge >= 0.3 is 6.09 Å². The first-order valence-electron chi connectivity index (χ1n) is 8.67. The highest BCUT2D eigenvalue weighted by atomic mass is 32.2. The molecule has 1 aliphatic heterocycles. The van der Waals surface area contributed by atoms with E-state index >= 15 is 0 Å². The molecular formula is C21H25NO2S. The van der Waals surface area contributed by atoms with Crippen LogP contribution in [-0.4, -0.2) is 28.9 Å². The zero-order valence-electron chi connectivity index (χ0n) is 15.0. The van der Waals surface area contributed by atoms with Crippen molar-refractivity contribution in [1.82, 2.24) is 4.90 Å². The van der Waals surface area contributed by atoms with Crippen LogP contribution < -0.4 is 0 Å². The zero-order valence-corrected chi connectivity index (χ0v) is 15.8. The van der Waals surface area contributed by atoms with Gasteiger partial charge in [0.1, 0.15) is 5.60 Å². The van der Waals surface area contributed by atoms with Crippen molar-refractivity contribution in [3.8, 4) is 0 Å². The Morgan fingerprint density at radius 3 is 2.12 bits per heavy atom. The van der Waals surface area contributed by atoms with Gasteiger partial charge in [-0.3, -0.25) is 4.90 Å². The van der Waals surface area contributed by atoms with E-state index in [0.29, 0.717) is 6.54 Å². The Bertz CT molecular complexity index is 697. The number of hydrogen-bond donors (Lipinski definition) is 0. The quantitative estimate of drug-likeness (QED) is 0.717. The van der Waals surface area contributed by atoms with Gasteiger partial charge < -0.3 is 4.74 Å². The first-order chi connectivity index (χ1) is 12.0. The molecule has 0 radical (unpaired) electrons. The number of thioether (sulfide) groups is 1. The van der Waals surface area contributed by atoms with Gasteiger partial charge in [0.25, 0.3) is 0 Å². The van der Waals surface area contributed by atoms with Gasteiger partial charge in [0.15, 0.2) is 0 Å². The average molecular weight is 356 g/mol. The molecule has 2 atom stereocenters. The fourth-order valence-electron chi connectivity index (χ4n) is 3.12. The summed E-state index contributed by atoms with van der Waals surface area (Å²) in [5, 5.41) is 0.199. The number of amides is 1. The molecule has 4 heteroatoms. The van der Waals surface area contributed by atoms with Crippen LogP contribution in [0.2, 0.25) is 0 Å². The van der Waals surface area contributed by atoms with Crippen LogP contribution in [0.15, 0.2) is 60.7 Å². The molecule has 132 valence electrons. The molecule has 0 saturated carbocycles. The lowest BCUT2D eigenvalue weighted by Crippen LogP contribution is -2.44. The van der Waals surface area contributed by atoms with Crippen molar-refractivity contribution in [3.05, 3.63) is 71.8 Å². The molecule has 25 heavy (non-hydrogen) atoms. The highest BCUT2D eigenvalue weighted by Crippen LogP contribution is 2.47. The molecular weight excluding hydrogens is 330 g/mol. The van der Waals surface area contributed by atoms with Crippen molar-refractivity contribution in [2.45, 2.75) is 37.7 Å². The second-order valence-electron chi connectivity index (χ2n) is 7.23. The van der Waals surface area contributed by atoms with Crippen molar-refractivity contribution >= 4 is 17.9 Å². The molecule has 2 aromatic rings. The summed E-state index contributed by atoms with van der Waals surface area (Å²) in [4.78, 5) is 14.8. The molecule has 3 nitrogen and oxygen atoms in total. The van der Waals surface area contributed by atoms with E-state index in [0.717, 1.165) is 11.3 Å². The largest absolute Gasteiger partial charge is 0.444 e. The molecule has 1 aliphatic rings. The molecule has 0 unspecified atom stereocenters. The van der Waals surface area contributed by atoms with Crippen molar-refractivity contribution in [2.24, 2.45) is 0 Å². The third-order valence-electron chi connectivity index (χ3n) is 4.15. The molecule has 0 aliphatic carbocycles. The predicted molar refractivity (Wildman–Crippen MR) is 104 cm³/mol. The van der Waals surface area contributed by atoms with Crippen LogP contribution in [-0.2, 0) is 4.74 Å². The van der Waals surface area contributed by atoms with Gasteiger partial charge in [-0.1, -0.05) is 60.7 Å². The normalized spacial score (nSPS) is 21.0. The highest BCUT2D eigenvalue weighted by molar-refractivity contribution is 7.99. The average Bonchev–Trinajstić information content (AvgIpc) is 2.61. The Balaban J connectivity index is 1.97. The lowest BCUT2D eigenvalue weighted by molar-refractivity contribution is 0.0159. The monoisotopic (exact) mass is 355 g/mol. The van der Waals surface area contributed by atoms with E-state index in [2.05, 4.69) is 36.4 Å². The molecule has 1 heterocycles. The topological polar surface area (TPSA) is 29.5 Å². The van der Waals surface area contributed by atoms with Crippen LogP contribution in [0, 0.1) is 0 Å². The Morgan fingerprint density at radius 1 is 1.00 bits per heavy atom. The minimum absolute atomic E-state index is 0.0304. The number of carbonyl (C=O) groups is 1. The molecule has 1 amide bonds. The second-order valence-corrected chi connectivity index (χ2v) is 8.48. The minimum atomic E-state index is -0.495. The molecule has 3 rings (SSSR count). The second kappa shape index (κ2) is 7.52. The van der Waals surface area contributed by atoms with Gasteiger partial charge in [-0.15, -0.1) is 11.8 Å². The maximum atomic E-state index is 12.9. The van der Waals surface area contributed by atoms with Crippen LogP contribution in [0.5, 0.6) is 0 Å². The molecule has 0 N–H and O–H groups in total. The predicted octanol–water partition coefficient (Wildman–Crippen LogP) is 5.45. The van der Waals surface area contributed by atoms with Crippen LogP contribution in [0.25, 0.3) is 0 Å². The van der Waals surface area contributed by atoms with Gasteiger partial charge in [-0.2, -0.15) is 0 Å². The Morgan fingerprint density at radius 2 is 1.56 bits per heavy atom. The molecule has 0 spiro atoms. The number of hydrogen-bond acceptors (Lipinski definition) is 3. The van der Waals surface area contributed by atoms with Crippen molar-refractivity contribution in [2.75, 3.05) is 12.3 Å². The number of benzene rings is 2. The number of rotatable bonds is 2. The summed E-state index contributed by atoms with van der Waals surface area (Å²) in [6.07, 6.45) is -0.234. The van der Waals surface area contributed by atoms with E-state index in [-0.39, 0.29) is 17.4 Å². The van der Waals surface area contributed by atoms with E-state index in [1.165, 1.54) is 5.56 Å². The lowest BCUT2D eigenvalue weighted by atomic mass is 9.96. The molecule has 1 fully saturated rings. The SMILES string of the molecule is CC(C)(C)OC(=O)N1CCS[C@H](c2ccccc2)[C@H]1c1ccccc1. The third kappa shape index (κ3) is 4.37. The fourth-order valence-corrected chi connectivity index (χ4v) is 4.52. The third-order valence-corrected chi connectivity index (χ3v) is 5.46. The maximum absolute atomic E-state index is 12.9. The van der Waals surface area contributed by atoms with Gasteiger partial charge in [0.05, 0.1) is 11.3 Å². The van der Waals surface area contributed by atoms with Crippen LogP contribution >= 0.6 is 11.8 Å². The highest BCUT2D eigenvalue weighted by Gasteiger charge is 2.38. The summed E-state index contributed by atoms with van der Waals surface area (Å²) in [6, 6.07) is 20.7. The number of carbonyl (C=O) groups excluding carboxylic acids is 1. The zero-order chi connectivity index (χ0) is 17.9. The van der Waals surface area contributed by atoms with Crippen LogP contribution in [0.3, 0.4) is 0 Å². The number of nitrogens with zero attached hydrogens (tertiary/aromatic N) is 1. The van der Waals surface area contributed by atoms with Gasteiger partial charge in [0, 0.05) is 12.3 Å². The fraction of sp³-hybridized carbons (Fsp3) is 0.381. The Hall–Kier alpha value is -1.94. The lowest BCUT2D eigenvalue weighted by Gasteiger charge is -2.41. The maximum Gasteiger partial charge on any atom is 0.410 e. The van der Waals surface area contributed by atoms with Crippen molar-refractivity contribution in [3.63, 3.8) is 0 Å². The van der Waals surface area contributed by atoms with Crippen molar-refractivity contribution < 1.29 is 9.53 Å². The standard InChI is InChI=1S/C21H25NO2S/c1-21(2,3)24-20(23)22-14-15-25-19(17-12-8-5-9-13-17)18(22)16-10-6-4-7-11-16/h4-13,18-19H,14-15H2,1-3H3/t18-,19-/m1/s1. The molecule has 1 saturated heterocycles. The first kappa shape index (κ1) is 17.9. The van der Waals surface area contributed by atoms with Gasteiger partial charge in [0.2, 0.25) is 0 Å². The van der Waals surface area contributed by atoms with E-state index in [1.807, 2.05) is 61.7 Å². The summed E-state index contributed by atoms with van der Waals surface area (Å²) in [5.74, 6) is 0.905. The van der Waals surface area contributed by atoms with Crippen LogP contribution in [0.1, 0.15) is 43.2 Å². The molecule has 0 aromatic heterocycles. The van der Waals surface area contributed by atoms with E-state index < -0.39 is 5.60 Å². The van der Waals surface area contributed by atoms with E-state index in [4.69, 9.17) is 4.74 Å². The molecule has 0 bridgehead atoms. The van der Waals surface area contributed by atoms with Gasteiger partial charge in [-0.25, -0.2) is 4.79 Å². The first-order valence-corrected chi connectivity index (χ1v) is 9.72. The smallest absolute Gasteiger partial charge is 0.410 e. The number of ether oxygens (including phenoxy) is 1. The Kier molecular flexibility index (Phi) is 5.38. The summed E-state index contributed by atoms with van der Waals surface area (Å²) in [6.45, 7) is 6.43. The summed E-state index contributed by atoms with van der Waals surface area (Å²) in [5.41, 5.74) is 1.90. The summed E-state index contributed by atoms with van der Waals surface area (Å²) in [7, 11) is 0. The van der Waals surface area contributed by atoms with Gasteiger partial charge in [-0.05, 0) is 31.9 Å². The van der Waals surface area contributed by atoms with Crippen LogP contribution in [0.4, 0.5) is 4.79 Å². The van der Waals surface area contributed by atoms with E-state index in [9.17, 15) is 4.79 Å². The Labute approximate surface area is 154 Å². The van der Waals surface area contributed by atoms with Crippen molar-refractivity contribution in [1.29, 1.82) is 0 Å². The summed E-state index contributed by atoms with van der Waals surface area (Å²) < 4.78 is 5.69. The summed E-state index contributed by atoms with van der Waals surface area (Å²) >= 11 is 1.91. The van der Waals surface area contributed by atoms with E-state index in [1.54, 1.807) is 0 Å².